The SMILES string of the molecule is CC=C1C(=CC)C2(CCN(C(=O)OCc3ccccc3)CC2)CN1C(=O)c1cc(C)nc(Cl)c1. The number of rotatable bonds is 3. The standard InChI is InChI=1S/C27H30ClN3O3/c1-4-22-23(5-2)31(25(32)21-15-19(3)29-24(28)16-21)18-27(22)11-13-30(14-12-27)26(33)34-17-20-9-7-6-8-10-20/h4-10,15-16H,11-14,17-18H2,1-3H3. The van der Waals surface area contributed by atoms with Crippen molar-refractivity contribution >= 4 is 23.6 Å². The molecule has 2 fully saturated rings. The number of hydrogen-bond donors (Lipinski definition) is 0. The quantitative estimate of drug-likeness (QED) is 0.524. The maximum absolute atomic E-state index is 13.5. The Labute approximate surface area is 205 Å². The van der Waals surface area contributed by atoms with E-state index in [0.29, 0.717) is 36.0 Å². The second-order valence-corrected chi connectivity index (χ2v) is 9.28. The van der Waals surface area contributed by atoms with Gasteiger partial charge in [-0.05, 0) is 56.9 Å². The lowest BCUT2D eigenvalue weighted by Gasteiger charge is -2.39. The molecule has 3 heterocycles. The van der Waals surface area contributed by atoms with Crippen molar-refractivity contribution in [2.45, 2.75) is 40.2 Å². The summed E-state index contributed by atoms with van der Waals surface area (Å²) in [6, 6.07) is 13.1. The van der Waals surface area contributed by atoms with Crippen LogP contribution in [0.3, 0.4) is 0 Å². The van der Waals surface area contributed by atoms with Crippen LogP contribution >= 0.6 is 11.6 Å². The third-order valence-corrected chi connectivity index (χ3v) is 6.95. The molecule has 2 saturated heterocycles. The largest absolute Gasteiger partial charge is 0.445 e. The Balaban J connectivity index is 1.47. The lowest BCUT2D eigenvalue weighted by molar-refractivity contribution is 0.0642. The van der Waals surface area contributed by atoms with E-state index in [2.05, 4.69) is 11.1 Å². The van der Waals surface area contributed by atoms with Gasteiger partial charge in [0, 0.05) is 42.0 Å². The first-order valence-electron chi connectivity index (χ1n) is 11.6. The fourth-order valence-corrected chi connectivity index (χ4v) is 5.35. The van der Waals surface area contributed by atoms with Crippen molar-refractivity contribution < 1.29 is 14.3 Å². The number of carbonyl (C=O) groups is 2. The second kappa shape index (κ2) is 10.0. The molecule has 1 aromatic carbocycles. The number of carbonyl (C=O) groups excluding carboxylic acids is 2. The Hall–Kier alpha value is -3.12. The molecule has 0 radical (unpaired) electrons. The summed E-state index contributed by atoms with van der Waals surface area (Å²) >= 11 is 6.12. The number of ether oxygens (including phenoxy) is 1. The molecule has 178 valence electrons. The number of likely N-dealkylation sites (tertiary alicyclic amines) is 2. The molecule has 34 heavy (non-hydrogen) atoms. The summed E-state index contributed by atoms with van der Waals surface area (Å²) in [6.45, 7) is 7.82. The molecule has 0 aliphatic carbocycles. The van der Waals surface area contributed by atoms with Crippen LogP contribution in [-0.2, 0) is 11.3 Å². The minimum atomic E-state index is -0.292. The topological polar surface area (TPSA) is 62.7 Å². The van der Waals surface area contributed by atoms with Crippen molar-refractivity contribution in [3.8, 4) is 0 Å². The van der Waals surface area contributed by atoms with Crippen LogP contribution in [0.15, 0.2) is 65.9 Å². The second-order valence-electron chi connectivity index (χ2n) is 8.90. The fourth-order valence-electron chi connectivity index (χ4n) is 5.10. The zero-order valence-corrected chi connectivity index (χ0v) is 20.6. The predicted octanol–water partition coefficient (Wildman–Crippen LogP) is 5.77. The molecule has 1 spiro atoms. The number of aromatic nitrogens is 1. The van der Waals surface area contributed by atoms with Gasteiger partial charge in [-0.1, -0.05) is 54.1 Å². The van der Waals surface area contributed by atoms with Gasteiger partial charge in [-0.2, -0.15) is 0 Å². The number of benzene rings is 1. The molecule has 2 amide bonds. The van der Waals surface area contributed by atoms with Gasteiger partial charge in [0.1, 0.15) is 11.8 Å². The molecule has 7 heteroatoms. The highest BCUT2D eigenvalue weighted by atomic mass is 35.5. The third-order valence-electron chi connectivity index (χ3n) is 6.76. The van der Waals surface area contributed by atoms with Crippen molar-refractivity contribution in [1.82, 2.24) is 14.8 Å². The van der Waals surface area contributed by atoms with Gasteiger partial charge in [-0.25, -0.2) is 9.78 Å². The zero-order valence-electron chi connectivity index (χ0n) is 19.9. The molecule has 0 atom stereocenters. The van der Waals surface area contributed by atoms with Crippen molar-refractivity contribution in [3.63, 3.8) is 0 Å². The van der Waals surface area contributed by atoms with Crippen LogP contribution in [-0.4, -0.2) is 46.4 Å². The van der Waals surface area contributed by atoms with E-state index in [4.69, 9.17) is 16.3 Å². The van der Waals surface area contributed by atoms with E-state index in [1.54, 1.807) is 17.0 Å². The summed E-state index contributed by atoms with van der Waals surface area (Å²) in [5.41, 5.74) is 4.12. The lowest BCUT2D eigenvalue weighted by Crippen LogP contribution is -2.45. The minimum Gasteiger partial charge on any atom is -0.445 e. The van der Waals surface area contributed by atoms with Crippen LogP contribution in [0.1, 0.15) is 48.3 Å². The summed E-state index contributed by atoms with van der Waals surface area (Å²) in [4.78, 5) is 33.9. The Morgan fingerprint density at radius 2 is 1.82 bits per heavy atom. The minimum absolute atomic E-state index is 0.0820. The molecular formula is C27H30ClN3O3. The van der Waals surface area contributed by atoms with Gasteiger partial charge < -0.3 is 14.5 Å². The van der Waals surface area contributed by atoms with Crippen LogP contribution in [0.25, 0.3) is 0 Å². The number of piperidine rings is 1. The lowest BCUT2D eigenvalue weighted by atomic mass is 9.73. The normalized spacial score (nSPS) is 19.8. The zero-order chi connectivity index (χ0) is 24.3. The molecule has 0 bridgehead atoms. The average Bonchev–Trinajstić information content (AvgIpc) is 3.15. The summed E-state index contributed by atoms with van der Waals surface area (Å²) in [7, 11) is 0. The summed E-state index contributed by atoms with van der Waals surface area (Å²) in [5, 5.41) is 0.313. The van der Waals surface area contributed by atoms with Crippen LogP contribution in [0, 0.1) is 12.3 Å². The average molecular weight is 480 g/mol. The van der Waals surface area contributed by atoms with Gasteiger partial charge in [0.15, 0.2) is 0 Å². The molecular weight excluding hydrogens is 450 g/mol. The highest BCUT2D eigenvalue weighted by Gasteiger charge is 2.48. The van der Waals surface area contributed by atoms with Gasteiger partial charge in [-0.3, -0.25) is 4.79 Å². The summed E-state index contributed by atoms with van der Waals surface area (Å²) in [6.07, 6.45) is 5.35. The summed E-state index contributed by atoms with van der Waals surface area (Å²) in [5.74, 6) is -0.0820. The maximum Gasteiger partial charge on any atom is 0.410 e. The molecule has 2 aromatic rings. The molecule has 4 rings (SSSR count). The Kier molecular flexibility index (Phi) is 7.08. The van der Waals surface area contributed by atoms with Gasteiger partial charge in [0.2, 0.25) is 0 Å². The Morgan fingerprint density at radius 1 is 1.12 bits per heavy atom. The molecule has 1 aromatic heterocycles. The van der Waals surface area contributed by atoms with Gasteiger partial charge >= 0.3 is 6.09 Å². The molecule has 0 N–H and O–H groups in total. The monoisotopic (exact) mass is 479 g/mol. The maximum atomic E-state index is 13.5. The van der Waals surface area contributed by atoms with Crippen molar-refractivity contribution in [2.24, 2.45) is 5.41 Å². The third kappa shape index (κ3) is 4.73. The molecule has 0 unspecified atom stereocenters. The van der Waals surface area contributed by atoms with Crippen molar-refractivity contribution in [1.29, 1.82) is 0 Å². The van der Waals surface area contributed by atoms with Crippen LogP contribution in [0.5, 0.6) is 0 Å². The van der Waals surface area contributed by atoms with Crippen LogP contribution in [0.2, 0.25) is 5.15 Å². The highest BCUT2D eigenvalue weighted by Crippen LogP contribution is 2.49. The number of amides is 2. The molecule has 2 aliphatic rings. The van der Waals surface area contributed by atoms with Gasteiger partial charge in [0.25, 0.3) is 5.91 Å². The van der Waals surface area contributed by atoms with Crippen LogP contribution < -0.4 is 0 Å². The van der Waals surface area contributed by atoms with Crippen molar-refractivity contribution in [3.05, 3.63) is 87.9 Å². The van der Waals surface area contributed by atoms with Crippen molar-refractivity contribution in [2.75, 3.05) is 19.6 Å². The molecule has 6 nitrogen and oxygen atoms in total. The van der Waals surface area contributed by atoms with Gasteiger partial charge in [0.05, 0.1) is 0 Å². The highest BCUT2D eigenvalue weighted by molar-refractivity contribution is 6.29. The smallest absolute Gasteiger partial charge is 0.410 e. The number of aryl methyl sites for hydroxylation is 1. The van der Waals surface area contributed by atoms with E-state index in [-0.39, 0.29) is 24.0 Å². The number of hydrogen-bond acceptors (Lipinski definition) is 4. The number of nitrogens with zero attached hydrogens (tertiary/aromatic N) is 3. The Bertz CT molecular complexity index is 1110. The van der Waals surface area contributed by atoms with Crippen LogP contribution in [0.4, 0.5) is 4.79 Å². The predicted molar refractivity (Wildman–Crippen MR) is 132 cm³/mol. The first-order chi connectivity index (χ1) is 16.4. The van der Waals surface area contributed by atoms with Gasteiger partial charge in [-0.15, -0.1) is 0 Å². The number of halogens is 1. The molecule has 0 saturated carbocycles. The van der Waals surface area contributed by atoms with E-state index >= 15 is 0 Å². The Morgan fingerprint density at radius 3 is 2.44 bits per heavy atom. The van der Waals surface area contributed by atoms with E-state index in [1.807, 2.05) is 62.1 Å². The first-order valence-corrected chi connectivity index (χ1v) is 12.0. The summed E-state index contributed by atoms with van der Waals surface area (Å²) < 4.78 is 5.53. The first kappa shape index (κ1) is 24.0. The fraction of sp³-hybridized carbons (Fsp3) is 0.370. The number of allylic oxidation sites excluding steroid dienone is 3. The number of pyridine rings is 1. The van der Waals surface area contributed by atoms with E-state index in [0.717, 1.165) is 29.7 Å². The van der Waals surface area contributed by atoms with E-state index in [9.17, 15) is 9.59 Å². The van der Waals surface area contributed by atoms with E-state index < -0.39 is 0 Å². The van der Waals surface area contributed by atoms with E-state index in [1.165, 1.54) is 0 Å². The molecule has 2 aliphatic heterocycles.